The number of alkyl halides is 6. The van der Waals surface area contributed by atoms with Gasteiger partial charge >= 0.3 is 12.4 Å². The van der Waals surface area contributed by atoms with Gasteiger partial charge in [0, 0.05) is 96.3 Å². The summed E-state index contributed by atoms with van der Waals surface area (Å²) in [6.07, 6.45) is -7.84. The highest BCUT2D eigenvalue weighted by Gasteiger charge is 2.36. The van der Waals surface area contributed by atoms with E-state index in [0.29, 0.717) is 36.5 Å². The number of halogens is 7. The first kappa shape index (κ1) is 56.6. The molecule has 5 N–H and O–H groups in total. The molecule has 2 aliphatic rings. The number of ether oxygens (including phenoxy) is 4. The molecule has 4 heterocycles. The van der Waals surface area contributed by atoms with E-state index in [2.05, 4.69) is 35.7 Å². The van der Waals surface area contributed by atoms with Crippen LogP contribution in [0, 0.1) is 0 Å². The lowest BCUT2D eigenvalue weighted by molar-refractivity contribution is -0.138. The second-order valence-electron chi connectivity index (χ2n) is 17.0. The van der Waals surface area contributed by atoms with E-state index in [1.54, 1.807) is 77.8 Å². The third-order valence-corrected chi connectivity index (χ3v) is 11.7. The van der Waals surface area contributed by atoms with Crippen LogP contribution < -0.4 is 41.0 Å². The van der Waals surface area contributed by atoms with Gasteiger partial charge in [-0.05, 0) is 54.6 Å². The summed E-state index contributed by atoms with van der Waals surface area (Å²) in [6, 6.07) is 26.5. The zero-order valence-electron chi connectivity index (χ0n) is 41.9. The standard InChI is InChI=1S/C26H28F3N5O3.C15H13ClF3N3O.C11H16N2O2/c1-33(2)25(35)18-6-4-5-7-20(18)31-22-15-24(30-16-19(22)26(27,28)29)32-21-9-8-17(14-23(21)36-3)34-10-12-37-13-11-34;1-22(2)14(23)9-5-3-4-6-11(9)21-12-7-13(16)20-8-10(12)15(17,18)19;1-14-11-8-9(2-3-10(11)12)13-4-6-15-7-5-13/h4-9,14-16H,10-13H2,1-3H3,(H2,30,31,32);3-8H,1-2H3,(H,20,21);2-3,8H,4-7,12H2,1H3. The van der Waals surface area contributed by atoms with Crippen molar-refractivity contribution in [1.29, 1.82) is 0 Å². The maximum absolute atomic E-state index is 13.8. The minimum Gasteiger partial charge on any atom is -0.495 e. The number of para-hydroxylation sites is 2. The topological polar surface area (TPSA) is 172 Å². The third kappa shape index (κ3) is 15.2. The van der Waals surface area contributed by atoms with E-state index in [0.717, 1.165) is 68.8 Å². The number of nitrogen functional groups attached to an aromatic ring is 1. The number of benzene rings is 4. The Hall–Kier alpha value is -7.69. The van der Waals surface area contributed by atoms with E-state index < -0.39 is 23.5 Å². The summed E-state index contributed by atoms with van der Waals surface area (Å²) in [5.74, 6) is 0.751. The van der Waals surface area contributed by atoms with Crippen molar-refractivity contribution < 1.29 is 54.9 Å². The molecule has 2 amide bonds. The van der Waals surface area contributed by atoms with Crippen LogP contribution in [0.1, 0.15) is 31.8 Å². The molecular weight excluding hydrogens is 1010 g/mol. The average molecular weight is 1070 g/mol. The van der Waals surface area contributed by atoms with Crippen molar-refractivity contribution in [3.05, 3.63) is 137 Å². The van der Waals surface area contributed by atoms with Crippen molar-refractivity contribution in [2.75, 3.05) is 127 Å². The fourth-order valence-corrected chi connectivity index (χ4v) is 7.76. The minimum atomic E-state index is -4.66. The normalized spacial score (nSPS) is 13.5. The first-order valence-electron chi connectivity index (χ1n) is 23.2. The Balaban J connectivity index is 0.000000204. The number of anilines is 9. The van der Waals surface area contributed by atoms with Crippen molar-refractivity contribution in [3.8, 4) is 11.5 Å². The number of carbonyl (C=O) groups excluding carboxylic acids is 2. The number of aromatic nitrogens is 2. The molecule has 0 saturated carbocycles. The molecule has 2 saturated heterocycles. The molecular formula is C52H57ClF6N10O6. The number of pyridine rings is 2. The Morgan fingerprint density at radius 3 is 1.49 bits per heavy atom. The molecule has 2 aromatic heterocycles. The number of morpholine rings is 2. The zero-order valence-corrected chi connectivity index (χ0v) is 42.7. The number of nitrogens with two attached hydrogens (primary N) is 1. The van der Waals surface area contributed by atoms with Crippen LogP contribution in [-0.2, 0) is 21.8 Å². The van der Waals surface area contributed by atoms with Crippen LogP contribution in [-0.4, -0.2) is 127 Å². The summed E-state index contributed by atoms with van der Waals surface area (Å²) in [5, 5.41) is 8.39. The van der Waals surface area contributed by atoms with E-state index in [1.807, 2.05) is 30.3 Å². The molecule has 0 aliphatic carbocycles. The Kier molecular flexibility index (Phi) is 19.2. The van der Waals surface area contributed by atoms with Gasteiger partial charge in [-0.2, -0.15) is 26.3 Å². The molecule has 23 heteroatoms. The van der Waals surface area contributed by atoms with Gasteiger partial charge in [0.15, 0.2) is 0 Å². The highest BCUT2D eigenvalue weighted by atomic mass is 35.5. The second kappa shape index (κ2) is 25.5. The molecule has 0 spiro atoms. The van der Waals surface area contributed by atoms with Gasteiger partial charge < -0.3 is 60.2 Å². The Bertz CT molecular complexity index is 2900. The molecule has 0 atom stereocenters. The van der Waals surface area contributed by atoms with Gasteiger partial charge in [-0.25, -0.2) is 9.97 Å². The third-order valence-electron chi connectivity index (χ3n) is 11.5. The second-order valence-corrected chi connectivity index (χ2v) is 17.4. The predicted molar refractivity (Wildman–Crippen MR) is 279 cm³/mol. The van der Waals surface area contributed by atoms with Gasteiger partial charge in [0.25, 0.3) is 11.8 Å². The average Bonchev–Trinajstić information content (AvgIpc) is 3.39. The van der Waals surface area contributed by atoms with Gasteiger partial charge in [0.2, 0.25) is 0 Å². The number of hydrogen-bond donors (Lipinski definition) is 4. The van der Waals surface area contributed by atoms with E-state index in [9.17, 15) is 35.9 Å². The van der Waals surface area contributed by atoms with Crippen LogP contribution in [0.2, 0.25) is 5.15 Å². The van der Waals surface area contributed by atoms with Gasteiger partial charge in [0.1, 0.15) is 22.5 Å². The van der Waals surface area contributed by atoms with Crippen LogP contribution in [0.5, 0.6) is 11.5 Å². The first-order valence-corrected chi connectivity index (χ1v) is 23.6. The summed E-state index contributed by atoms with van der Waals surface area (Å²) in [7, 11) is 9.43. The minimum absolute atomic E-state index is 0.0862. The van der Waals surface area contributed by atoms with Crippen molar-refractivity contribution in [2.45, 2.75) is 12.4 Å². The molecule has 0 bridgehead atoms. The number of amides is 2. The molecule has 75 heavy (non-hydrogen) atoms. The van der Waals surface area contributed by atoms with Crippen LogP contribution in [0.15, 0.2) is 109 Å². The largest absolute Gasteiger partial charge is 0.495 e. The van der Waals surface area contributed by atoms with Crippen molar-refractivity contribution in [1.82, 2.24) is 19.8 Å². The number of rotatable bonds is 12. The zero-order chi connectivity index (χ0) is 54.5. The first-order chi connectivity index (χ1) is 35.7. The fraction of sp³-hybridized carbons (Fsp3) is 0.308. The summed E-state index contributed by atoms with van der Waals surface area (Å²) < 4.78 is 102. The highest BCUT2D eigenvalue weighted by molar-refractivity contribution is 6.29. The molecule has 0 unspecified atom stereocenters. The number of nitrogens with one attached hydrogen (secondary N) is 3. The van der Waals surface area contributed by atoms with E-state index in [-0.39, 0.29) is 56.7 Å². The molecule has 0 radical (unpaired) electrons. The molecule has 4 aromatic carbocycles. The predicted octanol–water partition coefficient (Wildman–Crippen LogP) is 10.4. The van der Waals surface area contributed by atoms with Crippen molar-refractivity contribution in [2.24, 2.45) is 0 Å². The Labute approximate surface area is 435 Å². The Morgan fingerprint density at radius 2 is 1.03 bits per heavy atom. The maximum Gasteiger partial charge on any atom is 0.419 e. The smallest absolute Gasteiger partial charge is 0.419 e. The number of methoxy groups -OCH3 is 2. The molecule has 8 rings (SSSR count). The lowest BCUT2D eigenvalue weighted by Gasteiger charge is -2.29. The van der Waals surface area contributed by atoms with Gasteiger partial charge in [-0.3, -0.25) is 9.59 Å². The molecule has 2 aliphatic heterocycles. The lowest BCUT2D eigenvalue weighted by Crippen LogP contribution is -2.36. The SMILES string of the molecule is CN(C)C(=O)c1ccccc1Nc1cc(Cl)ncc1C(F)(F)F.COc1cc(N2CCOCC2)ccc1N.COc1cc(N2CCOCC2)ccc1Nc1cc(Nc2ccccc2C(=O)N(C)C)c(C(F)(F)F)cn1. The summed E-state index contributed by atoms with van der Waals surface area (Å²) in [4.78, 5) is 39.3. The van der Waals surface area contributed by atoms with Crippen LogP contribution in [0.4, 0.5) is 77.7 Å². The van der Waals surface area contributed by atoms with Gasteiger partial charge in [0.05, 0.1) is 97.0 Å². The quantitative estimate of drug-likeness (QED) is 0.0518. The number of nitrogens with zero attached hydrogens (tertiary/aromatic N) is 6. The van der Waals surface area contributed by atoms with Crippen molar-refractivity contribution >= 4 is 74.7 Å². The van der Waals surface area contributed by atoms with E-state index in [1.165, 1.54) is 35.1 Å². The van der Waals surface area contributed by atoms with Crippen molar-refractivity contribution in [3.63, 3.8) is 0 Å². The molecule has 6 aromatic rings. The van der Waals surface area contributed by atoms with Crippen LogP contribution in [0.25, 0.3) is 0 Å². The van der Waals surface area contributed by atoms with Gasteiger partial charge in [-0.1, -0.05) is 35.9 Å². The van der Waals surface area contributed by atoms with Crippen LogP contribution >= 0.6 is 11.6 Å². The lowest BCUT2D eigenvalue weighted by atomic mass is 10.1. The molecule has 2 fully saturated rings. The molecule has 16 nitrogen and oxygen atoms in total. The van der Waals surface area contributed by atoms with Crippen LogP contribution in [0.3, 0.4) is 0 Å². The number of hydrogen-bond acceptors (Lipinski definition) is 14. The monoisotopic (exact) mass is 1070 g/mol. The highest BCUT2D eigenvalue weighted by Crippen LogP contribution is 2.40. The summed E-state index contributed by atoms with van der Waals surface area (Å²) in [6.45, 7) is 6.19. The number of carbonyl (C=O) groups is 2. The summed E-state index contributed by atoms with van der Waals surface area (Å²) in [5.41, 5.74) is 7.63. The maximum atomic E-state index is 13.8. The van der Waals surface area contributed by atoms with Gasteiger partial charge in [-0.15, -0.1) is 0 Å². The van der Waals surface area contributed by atoms with E-state index in [4.69, 9.17) is 36.3 Å². The fourth-order valence-electron chi connectivity index (χ4n) is 7.60. The molecule has 400 valence electrons. The van der Waals surface area contributed by atoms with E-state index >= 15 is 0 Å². The summed E-state index contributed by atoms with van der Waals surface area (Å²) >= 11 is 5.69. The Morgan fingerprint density at radius 1 is 0.587 bits per heavy atom.